The van der Waals surface area contributed by atoms with Gasteiger partial charge in [0.2, 0.25) is 23.6 Å². The smallest absolute Gasteiger partial charge is 0.407 e. The van der Waals surface area contributed by atoms with Crippen molar-refractivity contribution < 1.29 is 38.2 Å². The van der Waals surface area contributed by atoms with E-state index < -0.39 is 36.4 Å². The zero-order valence-corrected chi connectivity index (χ0v) is 39.3. The van der Waals surface area contributed by atoms with Gasteiger partial charge < -0.3 is 45.4 Å². The van der Waals surface area contributed by atoms with Crippen LogP contribution in [0.15, 0.2) is 72.8 Å². The van der Waals surface area contributed by atoms with Crippen LogP contribution in [0, 0.1) is 11.8 Å². The Morgan fingerprint density at radius 2 is 0.954 bits per heavy atom. The third-order valence-electron chi connectivity index (χ3n) is 13.0. The fourth-order valence-electron chi connectivity index (χ4n) is 9.35. The van der Waals surface area contributed by atoms with E-state index in [0.717, 1.165) is 29.7 Å². The lowest BCUT2D eigenvalue weighted by atomic mass is 9.87. The van der Waals surface area contributed by atoms with Crippen molar-refractivity contribution in [3.05, 3.63) is 89.5 Å². The topological polar surface area (TPSA) is 179 Å². The Labute approximate surface area is 383 Å². The van der Waals surface area contributed by atoms with E-state index in [9.17, 15) is 28.8 Å². The highest BCUT2D eigenvalue weighted by Crippen LogP contribution is 2.47. The van der Waals surface area contributed by atoms with Crippen LogP contribution < -0.4 is 26.2 Å². The van der Waals surface area contributed by atoms with E-state index in [1.54, 1.807) is 9.80 Å². The van der Waals surface area contributed by atoms with Crippen molar-refractivity contribution in [1.82, 2.24) is 20.4 Å². The molecule has 65 heavy (non-hydrogen) atoms. The Bertz CT molecular complexity index is 2050. The number of nitrogens with zero attached hydrogens (tertiary/aromatic N) is 3. The van der Waals surface area contributed by atoms with Gasteiger partial charge in [0.15, 0.2) is 0 Å². The number of hydrogen-bond donors (Lipinski definition) is 4. The summed E-state index contributed by atoms with van der Waals surface area (Å²) in [4.78, 5) is 84.1. The number of carbonyl (C=O) groups excluding carboxylic acids is 6. The summed E-state index contributed by atoms with van der Waals surface area (Å²) in [5.74, 6) is -1.55. The van der Waals surface area contributed by atoms with E-state index in [1.165, 1.54) is 19.8 Å². The van der Waals surface area contributed by atoms with Gasteiger partial charge in [-0.2, -0.15) is 0 Å². The highest BCUT2D eigenvalue weighted by molar-refractivity contribution is 5.99. The number of likely N-dealkylation sites (tertiary alicyclic amines) is 2. The third kappa shape index (κ3) is 11.2. The molecular weight excluding hydrogens is 827 g/mol. The van der Waals surface area contributed by atoms with Gasteiger partial charge >= 0.3 is 12.2 Å². The number of alkyl carbamates (subject to hydrolysis) is 2. The monoisotopic (exact) mass is 894 g/mol. The second-order valence-corrected chi connectivity index (χ2v) is 19.1. The van der Waals surface area contributed by atoms with Crippen LogP contribution in [-0.2, 0) is 34.1 Å². The summed E-state index contributed by atoms with van der Waals surface area (Å²) in [6, 6.07) is 21.7. The van der Waals surface area contributed by atoms with E-state index in [1.807, 2.05) is 52.0 Å². The molecule has 0 spiro atoms. The van der Waals surface area contributed by atoms with Crippen molar-refractivity contribution in [3.63, 3.8) is 0 Å². The maximum absolute atomic E-state index is 13.7. The minimum atomic E-state index is -0.814. The molecule has 0 aliphatic carbocycles. The SMILES string of the molecule is COC(=O)N[C@H](C(=O)N1CCCC1C(=O)Nc1ccc([C@@H]2CCC(c3ccc(NC(=O)[C@@H]4CCCN4C(=O)[C@@H](NC(=O)OC)C(C)C)cc3)N2c2ccc(C(C)(C)C)cc2)cc1)C(C)C. The number of amides is 6. The molecule has 6 amide bonds. The molecule has 350 valence electrons. The first-order valence-electron chi connectivity index (χ1n) is 22.9. The van der Waals surface area contributed by atoms with Gasteiger partial charge in [-0.3, -0.25) is 19.2 Å². The number of anilines is 3. The summed E-state index contributed by atoms with van der Waals surface area (Å²) in [6.45, 7) is 14.8. The summed E-state index contributed by atoms with van der Waals surface area (Å²) in [5.41, 5.74) is 5.75. The van der Waals surface area contributed by atoms with Gasteiger partial charge in [0.05, 0.1) is 26.3 Å². The summed E-state index contributed by atoms with van der Waals surface area (Å²) in [7, 11) is 2.50. The molecule has 6 atom stereocenters. The lowest BCUT2D eigenvalue weighted by molar-refractivity contribution is -0.139. The van der Waals surface area contributed by atoms with Crippen molar-refractivity contribution >= 4 is 52.9 Å². The molecule has 15 nitrogen and oxygen atoms in total. The molecule has 0 radical (unpaired) electrons. The number of hydrogen-bond acceptors (Lipinski definition) is 9. The average molecular weight is 894 g/mol. The van der Waals surface area contributed by atoms with Gasteiger partial charge in [-0.05, 0) is 109 Å². The van der Waals surface area contributed by atoms with Crippen molar-refractivity contribution in [2.24, 2.45) is 11.8 Å². The number of nitrogens with one attached hydrogen (secondary N) is 4. The normalized spacial score (nSPS) is 20.6. The molecule has 3 fully saturated rings. The number of rotatable bonds is 13. The molecule has 3 saturated heterocycles. The van der Waals surface area contributed by atoms with E-state index in [-0.39, 0.29) is 53.0 Å². The van der Waals surface area contributed by atoms with Gasteiger partial charge in [-0.15, -0.1) is 0 Å². The molecule has 3 heterocycles. The first-order chi connectivity index (χ1) is 30.9. The average Bonchev–Trinajstić information content (AvgIpc) is 4.08. The van der Waals surface area contributed by atoms with Crippen molar-refractivity contribution in [2.75, 3.05) is 42.8 Å². The molecule has 0 aromatic heterocycles. The summed E-state index contributed by atoms with van der Waals surface area (Å²) in [6.07, 6.45) is 2.77. The number of benzene rings is 3. The van der Waals surface area contributed by atoms with Gasteiger partial charge in [0.25, 0.3) is 0 Å². The summed E-state index contributed by atoms with van der Waals surface area (Å²) in [5, 5.41) is 11.3. The summed E-state index contributed by atoms with van der Waals surface area (Å²) >= 11 is 0. The largest absolute Gasteiger partial charge is 0.453 e. The quantitative estimate of drug-likeness (QED) is 0.134. The van der Waals surface area contributed by atoms with Crippen LogP contribution in [0.3, 0.4) is 0 Å². The van der Waals surface area contributed by atoms with E-state index in [2.05, 4.69) is 95.5 Å². The lowest BCUT2D eigenvalue weighted by Crippen LogP contribution is -2.54. The molecule has 3 aromatic rings. The second kappa shape index (κ2) is 20.8. The third-order valence-corrected chi connectivity index (χ3v) is 13.0. The van der Waals surface area contributed by atoms with Crippen LogP contribution in [0.1, 0.15) is 116 Å². The molecule has 4 N–H and O–H groups in total. The van der Waals surface area contributed by atoms with Gasteiger partial charge in [0.1, 0.15) is 24.2 Å². The predicted octanol–water partition coefficient (Wildman–Crippen LogP) is 7.69. The van der Waals surface area contributed by atoms with E-state index in [4.69, 9.17) is 9.47 Å². The van der Waals surface area contributed by atoms with Crippen molar-refractivity contribution in [2.45, 2.75) is 129 Å². The van der Waals surface area contributed by atoms with Crippen molar-refractivity contribution in [1.29, 1.82) is 0 Å². The highest BCUT2D eigenvalue weighted by atomic mass is 16.5. The predicted molar refractivity (Wildman–Crippen MR) is 250 cm³/mol. The highest BCUT2D eigenvalue weighted by Gasteiger charge is 2.41. The lowest BCUT2D eigenvalue weighted by Gasteiger charge is -2.34. The number of ether oxygens (including phenoxy) is 2. The van der Waals surface area contributed by atoms with Crippen LogP contribution in [0.4, 0.5) is 26.7 Å². The van der Waals surface area contributed by atoms with Crippen LogP contribution >= 0.6 is 0 Å². The molecule has 15 heteroatoms. The zero-order valence-electron chi connectivity index (χ0n) is 39.3. The number of carbonyl (C=O) groups is 6. The minimum Gasteiger partial charge on any atom is -0.453 e. The number of methoxy groups -OCH3 is 2. The molecule has 6 rings (SSSR count). The Morgan fingerprint density at radius 3 is 1.29 bits per heavy atom. The first kappa shape index (κ1) is 48.3. The summed E-state index contributed by atoms with van der Waals surface area (Å²) < 4.78 is 9.49. The van der Waals surface area contributed by atoms with Crippen LogP contribution in [0.5, 0.6) is 0 Å². The van der Waals surface area contributed by atoms with Crippen LogP contribution in [0.25, 0.3) is 0 Å². The van der Waals surface area contributed by atoms with E-state index >= 15 is 0 Å². The minimum absolute atomic E-state index is 0.0132. The molecule has 3 aromatic carbocycles. The van der Waals surface area contributed by atoms with Crippen molar-refractivity contribution in [3.8, 4) is 0 Å². The molecular formula is C50H67N7O8. The van der Waals surface area contributed by atoms with Crippen LogP contribution in [-0.4, -0.2) is 97.1 Å². The van der Waals surface area contributed by atoms with Gasteiger partial charge in [-0.25, -0.2) is 9.59 Å². The van der Waals surface area contributed by atoms with Gasteiger partial charge in [-0.1, -0.05) is 84.9 Å². The maximum atomic E-state index is 13.7. The Kier molecular flexibility index (Phi) is 15.5. The molecule has 2 unspecified atom stereocenters. The molecule has 3 aliphatic rings. The molecule has 0 bridgehead atoms. The van der Waals surface area contributed by atoms with Gasteiger partial charge in [0, 0.05) is 30.2 Å². The Balaban J connectivity index is 1.17. The van der Waals surface area contributed by atoms with Crippen LogP contribution in [0.2, 0.25) is 0 Å². The maximum Gasteiger partial charge on any atom is 0.407 e. The Hall–Kier alpha value is -6.12. The fourth-order valence-corrected chi connectivity index (χ4v) is 9.35. The first-order valence-corrected chi connectivity index (χ1v) is 22.9. The molecule has 3 aliphatic heterocycles. The van der Waals surface area contributed by atoms with E-state index in [0.29, 0.717) is 50.1 Å². The fraction of sp³-hybridized carbons (Fsp3) is 0.520. The zero-order chi connectivity index (χ0) is 47.2. The second-order valence-electron chi connectivity index (χ2n) is 19.1. The standard InChI is InChI=1S/C50H67N7O8/c1-30(2)42(53-48(62)64-8)46(60)55-28-10-12-40(55)44(58)51-35-20-14-32(15-21-35)38-26-27-39(57(38)37-24-18-34(19-25-37)50(5,6)7)33-16-22-36(23-17-33)52-45(59)41-13-11-29-56(41)47(61)43(31(3)4)54-49(63)65-9/h14-25,30-31,38-43H,10-13,26-29H2,1-9H3,(H,51,58)(H,52,59)(H,53,62)(H,54,63)/t38-,39?,40?,41-,42-,43-/m0/s1. The Morgan fingerprint density at radius 1 is 0.569 bits per heavy atom. The molecule has 0 saturated carbocycles.